The van der Waals surface area contributed by atoms with Crippen LogP contribution in [0.25, 0.3) is 0 Å². The van der Waals surface area contributed by atoms with Crippen LogP contribution in [0, 0.1) is 0 Å². The fraction of sp³-hybridized carbons (Fsp3) is 0.882. The molecule has 6 nitrogen and oxygen atoms in total. The molecule has 2 amide bonds. The van der Waals surface area contributed by atoms with Gasteiger partial charge in [0, 0.05) is 26.3 Å². The number of nitrogens with one attached hydrogen (secondary N) is 2. The summed E-state index contributed by atoms with van der Waals surface area (Å²) >= 11 is 0. The standard InChI is InChI=1S/C17H28F6N2O4/c18-15(19,13(28)24-9-5-1-3-7-11-26)17(22,23)16(20,21)14(29)25-10-6-2-4-8-12-27/h26-27H,1-12H2,(H,24,28)(H,25,29). The number of aliphatic hydroxyl groups excluding tert-OH is 2. The molecule has 0 rings (SSSR count). The highest BCUT2D eigenvalue weighted by Gasteiger charge is 2.77. The largest absolute Gasteiger partial charge is 0.396 e. The Kier molecular flexibility index (Phi) is 12.2. The van der Waals surface area contributed by atoms with Crippen molar-refractivity contribution in [2.45, 2.75) is 69.1 Å². The molecule has 4 N–H and O–H groups in total. The molecule has 0 aliphatic carbocycles. The maximum atomic E-state index is 13.8. The summed E-state index contributed by atoms with van der Waals surface area (Å²) in [4.78, 5) is 22.7. The normalized spacial score (nSPS) is 12.7. The lowest BCUT2D eigenvalue weighted by Crippen LogP contribution is -2.65. The number of carbonyl (C=O) groups excluding carboxylic acids is 2. The maximum absolute atomic E-state index is 13.8. The number of rotatable bonds is 16. The van der Waals surface area contributed by atoms with E-state index in [0.717, 1.165) is 0 Å². The van der Waals surface area contributed by atoms with Gasteiger partial charge in [0.15, 0.2) is 0 Å². The average molecular weight is 438 g/mol. The average Bonchev–Trinajstić information content (AvgIpc) is 2.66. The van der Waals surface area contributed by atoms with E-state index < -0.39 is 42.7 Å². The number of aliphatic hydroxyl groups is 2. The van der Waals surface area contributed by atoms with E-state index in [1.165, 1.54) is 10.6 Å². The molecular weight excluding hydrogens is 410 g/mol. The van der Waals surface area contributed by atoms with E-state index in [1.807, 2.05) is 0 Å². The third-order valence-corrected chi connectivity index (χ3v) is 4.10. The SMILES string of the molecule is O=C(NCCCCCCO)C(F)(F)C(F)(F)C(F)(F)C(=O)NCCCCCCO. The number of halogens is 6. The zero-order valence-corrected chi connectivity index (χ0v) is 16.0. The zero-order chi connectivity index (χ0) is 22.6. The molecule has 0 aromatic carbocycles. The van der Waals surface area contributed by atoms with Gasteiger partial charge in [-0.3, -0.25) is 9.59 Å². The first-order chi connectivity index (χ1) is 13.5. The van der Waals surface area contributed by atoms with E-state index in [9.17, 15) is 35.9 Å². The Morgan fingerprint density at radius 3 is 1.21 bits per heavy atom. The van der Waals surface area contributed by atoms with E-state index in [0.29, 0.717) is 38.5 Å². The predicted molar refractivity (Wildman–Crippen MR) is 92.0 cm³/mol. The molecule has 0 aliphatic rings. The van der Waals surface area contributed by atoms with E-state index in [-0.39, 0.29) is 26.1 Å². The number of alkyl halides is 6. The van der Waals surface area contributed by atoms with Crippen LogP contribution in [0.15, 0.2) is 0 Å². The van der Waals surface area contributed by atoms with Crippen LogP contribution in [0.5, 0.6) is 0 Å². The van der Waals surface area contributed by atoms with Crippen molar-refractivity contribution in [3.05, 3.63) is 0 Å². The van der Waals surface area contributed by atoms with Gasteiger partial charge in [0.25, 0.3) is 11.8 Å². The van der Waals surface area contributed by atoms with Crippen LogP contribution in [0.3, 0.4) is 0 Å². The molecule has 29 heavy (non-hydrogen) atoms. The Bertz CT molecular complexity index is 464. The lowest BCUT2D eigenvalue weighted by molar-refractivity contribution is -0.287. The van der Waals surface area contributed by atoms with Crippen molar-refractivity contribution in [3.63, 3.8) is 0 Å². The molecule has 0 atom stereocenters. The second-order valence-corrected chi connectivity index (χ2v) is 6.51. The molecule has 0 aromatic heterocycles. The smallest absolute Gasteiger partial charge is 0.393 e. The van der Waals surface area contributed by atoms with E-state index in [1.54, 1.807) is 0 Å². The summed E-state index contributed by atoms with van der Waals surface area (Å²) in [6.45, 7) is -1.06. The van der Waals surface area contributed by atoms with Gasteiger partial charge in [0.05, 0.1) is 0 Å². The van der Waals surface area contributed by atoms with Gasteiger partial charge in [-0.2, -0.15) is 26.3 Å². The van der Waals surface area contributed by atoms with Crippen molar-refractivity contribution >= 4 is 11.8 Å². The minimum atomic E-state index is -6.23. The van der Waals surface area contributed by atoms with Crippen LogP contribution in [-0.4, -0.2) is 66.1 Å². The van der Waals surface area contributed by atoms with Crippen LogP contribution in [0.4, 0.5) is 26.3 Å². The summed E-state index contributed by atoms with van der Waals surface area (Å²) in [5.41, 5.74) is 0. The molecule has 0 saturated carbocycles. The molecule has 0 saturated heterocycles. The molecule has 12 heteroatoms. The van der Waals surface area contributed by atoms with Crippen LogP contribution in [0.2, 0.25) is 0 Å². The Morgan fingerprint density at radius 1 is 0.586 bits per heavy atom. The lowest BCUT2D eigenvalue weighted by atomic mass is 10.0. The fourth-order valence-electron chi connectivity index (χ4n) is 2.29. The second kappa shape index (κ2) is 12.9. The summed E-state index contributed by atoms with van der Waals surface area (Å²) < 4.78 is 82.4. The molecule has 0 radical (unpaired) electrons. The highest BCUT2D eigenvalue weighted by molar-refractivity contribution is 5.89. The number of hydrogen-bond donors (Lipinski definition) is 4. The van der Waals surface area contributed by atoms with Crippen molar-refractivity contribution in [2.75, 3.05) is 26.3 Å². The molecule has 0 aliphatic heterocycles. The fourth-order valence-corrected chi connectivity index (χ4v) is 2.29. The van der Waals surface area contributed by atoms with E-state index in [4.69, 9.17) is 10.2 Å². The molecule has 172 valence electrons. The van der Waals surface area contributed by atoms with Gasteiger partial charge < -0.3 is 20.8 Å². The van der Waals surface area contributed by atoms with Crippen LogP contribution in [-0.2, 0) is 9.59 Å². The number of unbranched alkanes of at least 4 members (excludes halogenated alkanes) is 6. The van der Waals surface area contributed by atoms with Gasteiger partial charge in [0.2, 0.25) is 0 Å². The Morgan fingerprint density at radius 2 is 0.897 bits per heavy atom. The predicted octanol–water partition coefficient (Wildman–Crippen LogP) is 2.23. The summed E-state index contributed by atoms with van der Waals surface area (Å²) in [5, 5.41) is 20.1. The van der Waals surface area contributed by atoms with Gasteiger partial charge in [-0.1, -0.05) is 25.7 Å². The van der Waals surface area contributed by atoms with Crippen LogP contribution >= 0.6 is 0 Å². The number of hydrogen-bond acceptors (Lipinski definition) is 4. The monoisotopic (exact) mass is 438 g/mol. The summed E-state index contributed by atoms with van der Waals surface area (Å²) in [6.07, 6.45) is 2.95. The first kappa shape index (κ1) is 27.4. The molecule has 0 bridgehead atoms. The van der Waals surface area contributed by atoms with Crippen molar-refractivity contribution in [3.8, 4) is 0 Å². The first-order valence-corrected chi connectivity index (χ1v) is 9.38. The van der Waals surface area contributed by atoms with Crippen molar-refractivity contribution in [1.29, 1.82) is 0 Å². The number of amides is 2. The van der Waals surface area contributed by atoms with E-state index in [2.05, 4.69) is 0 Å². The Balaban J connectivity index is 4.74. The lowest BCUT2D eigenvalue weighted by Gasteiger charge is -2.31. The van der Waals surface area contributed by atoms with Gasteiger partial charge in [-0.15, -0.1) is 0 Å². The first-order valence-electron chi connectivity index (χ1n) is 9.38. The minimum absolute atomic E-state index is 0.0868. The van der Waals surface area contributed by atoms with E-state index >= 15 is 0 Å². The minimum Gasteiger partial charge on any atom is -0.396 e. The highest BCUT2D eigenvalue weighted by atomic mass is 19.3. The molecule has 0 fully saturated rings. The van der Waals surface area contributed by atoms with Gasteiger partial charge in [0.1, 0.15) is 0 Å². The maximum Gasteiger partial charge on any atom is 0.393 e. The third-order valence-electron chi connectivity index (χ3n) is 4.10. The van der Waals surface area contributed by atoms with Gasteiger partial charge >= 0.3 is 17.8 Å². The third kappa shape index (κ3) is 8.00. The zero-order valence-electron chi connectivity index (χ0n) is 16.0. The van der Waals surface area contributed by atoms with Crippen LogP contribution in [0.1, 0.15) is 51.4 Å². The molecule has 0 unspecified atom stereocenters. The quantitative estimate of drug-likeness (QED) is 0.219. The highest BCUT2D eigenvalue weighted by Crippen LogP contribution is 2.46. The molecule has 0 heterocycles. The Labute approximate surface area is 165 Å². The molecule has 0 spiro atoms. The van der Waals surface area contributed by atoms with Crippen molar-refractivity contribution < 1.29 is 46.1 Å². The van der Waals surface area contributed by atoms with Crippen molar-refractivity contribution in [2.24, 2.45) is 0 Å². The summed E-state index contributed by atoms with van der Waals surface area (Å²) in [5.74, 6) is -23.0. The van der Waals surface area contributed by atoms with Gasteiger partial charge in [-0.25, -0.2) is 0 Å². The Hall–Kier alpha value is -1.56. The van der Waals surface area contributed by atoms with Gasteiger partial charge in [-0.05, 0) is 25.7 Å². The van der Waals surface area contributed by atoms with Crippen molar-refractivity contribution in [1.82, 2.24) is 10.6 Å². The second-order valence-electron chi connectivity index (χ2n) is 6.51. The molecule has 0 aromatic rings. The summed E-state index contributed by atoms with van der Waals surface area (Å²) in [7, 11) is 0. The molecular formula is C17H28F6N2O4. The van der Waals surface area contributed by atoms with Crippen LogP contribution < -0.4 is 10.6 Å². The topological polar surface area (TPSA) is 98.7 Å². The number of carbonyl (C=O) groups is 2. The summed E-state index contributed by atoms with van der Waals surface area (Å²) in [6, 6.07) is 0.